The minimum absolute atomic E-state index is 0.170. The molecule has 30 heavy (non-hydrogen) atoms. The predicted molar refractivity (Wildman–Crippen MR) is 125 cm³/mol. The highest BCUT2D eigenvalue weighted by molar-refractivity contribution is 7.80. The zero-order valence-corrected chi connectivity index (χ0v) is 19.6. The Morgan fingerprint density at radius 1 is 1.00 bits per heavy atom. The van der Waals surface area contributed by atoms with Gasteiger partial charge in [-0.25, -0.2) is 8.78 Å². The number of halogens is 2. The van der Waals surface area contributed by atoms with E-state index in [-0.39, 0.29) is 36.0 Å². The summed E-state index contributed by atoms with van der Waals surface area (Å²) in [5.74, 6) is 0. The highest BCUT2D eigenvalue weighted by Crippen LogP contribution is 2.45. The molecule has 0 aromatic heterocycles. The topological polar surface area (TPSA) is 12.5 Å². The van der Waals surface area contributed by atoms with Gasteiger partial charge in [-0.2, -0.15) is 0 Å². The lowest BCUT2D eigenvalue weighted by atomic mass is 9.94. The molecule has 2 aliphatic rings. The van der Waals surface area contributed by atoms with Crippen LogP contribution in [0.2, 0.25) is 5.04 Å². The second kappa shape index (κ2) is 7.81. The number of nitrogens with zero attached hydrogens (tertiary/aromatic N) is 1. The SMILES string of the molecule is CC(C)(C)[Si](OCC12CC(F)CN1C(=S)C(F)C2)(c1ccccc1)c1ccccc1. The lowest BCUT2D eigenvalue weighted by Gasteiger charge is -2.45. The van der Waals surface area contributed by atoms with Crippen LogP contribution in [-0.4, -0.2) is 49.2 Å². The van der Waals surface area contributed by atoms with Crippen LogP contribution in [0.4, 0.5) is 8.78 Å². The van der Waals surface area contributed by atoms with E-state index in [4.69, 9.17) is 16.6 Å². The van der Waals surface area contributed by atoms with Crippen LogP contribution in [0, 0.1) is 0 Å². The second-order valence-corrected chi connectivity index (χ2v) is 14.3. The molecule has 2 aromatic carbocycles. The molecule has 0 saturated carbocycles. The summed E-state index contributed by atoms with van der Waals surface area (Å²) in [6.07, 6.45) is -1.72. The van der Waals surface area contributed by atoms with E-state index in [0.717, 1.165) is 0 Å². The van der Waals surface area contributed by atoms with Gasteiger partial charge in [0.25, 0.3) is 8.32 Å². The van der Waals surface area contributed by atoms with Crippen molar-refractivity contribution in [1.29, 1.82) is 0 Å². The van der Waals surface area contributed by atoms with Crippen molar-refractivity contribution >= 4 is 35.9 Å². The van der Waals surface area contributed by atoms with Crippen molar-refractivity contribution in [3.05, 3.63) is 60.7 Å². The Labute approximate surface area is 184 Å². The molecule has 3 atom stereocenters. The molecule has 0 aliphatic carbocycles. The second-order valence-electron chi connectivity index (χ2n) is 9.60. The van der Waals surface area contributed by atoms with Crippen LogP contribution in [0.1, 0.15) is 33.6 Å². The third-order valence-electron chi connectivity index (χ3n) is 6.62. The van der Waals surface area contributed by atoms with Crippen LogP contribution in [0.3, 0.4) is 0 Å². The lowest BCUT2D eigenvalue weighted by molar-refractivity contribution is 0.127. The highest BCUT2D eigenvalue weighted by atomic mass is 32.1. The van der Waals surface area contributed by atoms with E-state index in [1.807, 2.05) is 36.4 Å². The van der Waals surface area contributed by atoms with E-state index < -0.39 is 26.2 Å². The van der Waals surface area contributed by atoms with Crippen molar-refractivity contribution in [3.63, 3.8) is 0 Å². The average molecular weight is 446 g/mol. The molecule has 3 unspecified atom stereocenters. The summed E-state index contributed by atoms with van der Waals surface area (Å²) in [7, 11) is -2.76. The maximum atomic E-state index is 14.6. The van der Waals surface area contributed by atoms with Crippen molar-refractivity contribution in [2.45, 2.75) is 56.5 Å². The van der Waals surface area contributed by atoms with Crippen LogP contribution >= 0.6 is 12.2 Å². The fraction of sp³-hybridized carbons (Fsp3) is 0.458. The summed E-state index contributed by atoms with van der Waals surface area (Å²) in [5.41, 5.74) is -0.691. The van der Waals surface area contributed by atoms with Gasteiger partial charge in [0, 0.05) is 12.8 Å². The standard InChI is InChI=1S/C24H29F2NOSSi/c1-23(2,3)30(19-10-6-4-7-11-19,20-12-8-5-9-13-20)28-17-24-14-18(25)16-27(24)22(29)21(26)15-24/h4-13,18,21H,14-17H2,1-3H3. The largest absolute Gasteiger partial charge is 0.405 e. The Morgan fingerprint density at radius 3 is 2.03 bits per heavy atom. The first-order chi connectivity index (χ1) is 14.2. The van der Waals surface area contributed by atoms with E-state index >= 15 is 0 Å². The van der Waals surface area contributed by atoms with Crippen molar-refractivity contribution in [2.24, 2.45) is 0 Å². The molecular weight excluding hydrogens is 416 g/mol. The molecular formula is C24H29F2NOSSi. The van der Waals surface area contributed by atoms with Crippen molar-refractivity contribution in [2.75, 3.05) is 13.2 Å². The van der Waals surface area contributed by atoms with Gasteiger partial charge in [-0.3, -0.25) is 0 Å². The quantitative estimate of drug-likeness (QED) is 0.500. The van der Waals surface area contributed by atoms with Gasteiger partial charge in [-0.05, 0) is 15.4 Å². The molecule has 2 saturated heterocycles. The number of fused-ring (bicyclic) bond motifs is 1. The Hall–Kier alpha value is -1.63. The Kier molecular flexibility index (Phi) is 5.62. The van der Waals surface area contributed by atoms with Gasteiger partial charge in [0.2, 0.25) is 0 Å². The average Bonchev–Trinajstić information content (AvgIpc) is 3.14. The molecule has 2 aromatic rings. The van der Waals surface area contributed by atoms with Crippen LogP contribution in [-0.2, 0) is 4.43 Å². The first-order valence-corrected chi connectivity index (χ1v) is 12.9. The van der Waals surface area contributed by atoms with Gasteiger partial charge in [0.05, 0.1) is 18.7 Å². The summed E-state index contributed by atoms with van der Waals surface area (Å²) in [5, 5.41) is 2.15. The smallest absolute Gasteiger partial charge is 0.261 e. The molecule has 0 spiro atoms. The van der Waals surface area contributed by atoms with E-state index in [0.29, 0.717) is 0 Å². The molecule has 0 bridgehead atoms. The van der Waals surface area contributed by atoms with Crippen LogP contribution in [0.25, 0.3) is 0 Å². The van der Waals surface area contributed by atoms with Gasteiger partial charge in [0.15, 0.2) is 6.17 Å². The summed E-state index contributed by atoms with van der Waals surface area (Å²) >= 11 is 5.31. The van der Waals surface area contributed by atoms with Gasteiger partial charge < -0.3 is 9.33 Å². The van der Waals surface area contributed by atoms with Gasteiger partial charge in [-0.1, -0.05) is 93.7 Å². The molecule has 2 aliphatic heterocycles. The number of hydrogen-bond donors (Lipinski definition) is 0. The van der Waals surface area contributed by atoms with E-state index in [2.05, 4.69) is 45.0 Å². The van der Waals surface area contributed by atoms with Crippen molar-refractivity contribution in [3.8, 4) is 0 Å². The first-order valence-electron chi connectivity index (χ1n) is 10.5. The van der Waals surface area contributed by atoms with Gasteiger partial charge in [-0.15, -0.1) is 0 Å². The van der Waals surface area contributed by atoms with Crippen LogP contribution in [0.5, 0.6) is 0 Å². The van der Waals surface area contributed by atoms with Crippen LogP contribution < -0.4 is 10.4 Å². The van der Waals surface area contributed by atoms with Crippen molar-refractivity contribution in [1.82, 2.24) is 4.90 Å². The predicted octanol–water partition coefficient (Wildman–Crippen LogP) is 4.41. The Balaban J connectivity index is 1.79. The zero-order valence-electron chi connectivity index (χ0n) is 17.8. The molecule has 160 valence electrons. The molecule has 4 rings (SSSR count). The summed E-state index contributed by atoms with van der Waals surface area (Å²) in [6, 6.07) is 20.7. The third-order valence-corrected chi connectivity index (χ3v) is 12.1. The summed E-state index contributed by atoms with van der Waals surface area (Å²) in [4.78, 5) is 2.01. The summed E-state index contributed by atoms with van der Waals surface area (Å²) < 4.78 is 36.0. The molecule has 2 heterocycles. The molecule has 0 radical (unpaired) electrons. The summed E-state index contributed by atoms with van der Waals surface area (Å²) in [6.45, 7) is 7.07. The third kappa shape index (κ3) is 3.43. The number of benzene rings is 2. The Morgan fingerprint density at radius 2 is 1.53 bits per heavy atom. The fourth-order valence-corrected chi connectivity index (χ4v) is 10.3. The monoisotopic (exact) mass is 445 g/mol. The fourth-order valence-electron chi connectivity index (χ4n) is 5.29. The highest BCUT2D eigenvalue weighted by Gasteiger charge is 2.58. The molecule has 0 N–H and O–H groups in total. The van der Waals surface area contributed by atoms with E-state index in [9.17, 15) is 8.78 Å². The molecule has 0 amide bonds. The lowest BCUT2D eigenvalue weighted by Crippen LogP contribution is -2.68. The Bertz CT molecular complexity index is 865. The van der Waals surface area contributed by atoms with E-state index in [1.165, 1.54) is 10.4 Å². The minimum atomic E-state index is -2.76. The first kappa shape index (κ1) is 21.6. The molecule has 2 nitrogen and oxygen atoms in total. The molecule has 2 fully saturated rings. The normalized spacial score (nSPS) is 26.8. The van der Waals surface area contributed by atoms with Gasteiger partial charge >= 0.3 is 0 Å². The molecule has 6 heteroatoms. The van der Waals surface area contributed by atoms with Crippen molar-refractivity contribution < 1.29 is 13.2 Å². The number of alkyl halides is 2. The van der Waals surface area contributed by atoms with E-state index in [1.54, 1.807) is 4.90 Å². The maximum Gasteiger partial charge on any atom is 0.261 e. The number of thiocarbonyl (C=S) groups is 1. The number of hydrogen-bond acceptors (Lipinski definition) is 2. The van der Waals surface area contributed by atoms with Crippen LogP contribution in [0.15, 0.2) is 60.7 Å². The maximum absolute atomic E-state index is 14.6. The zero-order chi connectivity index (χ0) is 21.6. The number of rotatable bonds is 5. The van der Waals surface area contributed by atoms with Gasteiger partial charge in [0.1, 0.15) is 11.2 Å². The minimum Gasteiger partial charge on any atom is -0.405 e.